The fraction of sp³-hybridized carbons (Fsp3) is 0.250. The predicted molar refractivity (Wildman–Crippen MR) is 123 cm³/mol. The number of carbonyl (C=O) groups excluding carboxylic acids is 2. The first kappa shape index (κ1) is 22.4. The zero-order valence-electron chi connectivity index (χ0n) is 17.9. The molecule has 34 heavy (non-hydrogen) atoms. The van der Waals surface area contributed by atoms with E-state index >= 15 is 0 Å². The molecule has 3 atom stereocenters. The number of rotatable bonds is 4. The smallest absolute Gasteiger partial charge is 0.363 e. The minimum atomic E-state index is -5.29. The van der Waals surface area contributed by atoms with Crippen molar-refractivity contribution in [3.05, 3.63) is 70.4 Å². The number of amides is 2. The molecule has 3 N–H and O–H groups in total. The third kappa shape index (κ3) is 3.28. The lowest BCUT2D eigenvalue weighted by Crippen LogP contribution is -2.72. The number of alkyl halides is 3. The van der Waals surface area contributed by atoms with E-state index < -0.39 is 35.7 Å². The Hall–Kier alpha value is -3.37. The van der Waals surface area contributed by atoms with E-state index in [1.165, 1.54) is 6.07 Å². The molecule has 10 heteroatoms. The third-order valence-corrected chi connectivity index (χ3v) is 7.21. The number of nitrogens with one attached hydrogen (secondary N) is 2. The number of hydrogen-bond acceptors (Lipinski definition) is 4. The Morgan fingerprint density at radius 1 is 1.12 bits per heavy atom. The number of benzene rings is 2. The monoisotopic (exact) mass is 487 g/mol. The minimum Gasteiger partial charge on any atom is -0.363 e. The number of hydrogen-bond donors (Lipinski definition) is 3. The summed E-state index contributed by atoms with van der Waals surface area (Å²) in [6.07, 6.45) is -5.29. The molecule has 3 heterocycles. The molecule has 5 rings (SSSR count). The highest BCUT2D eigenvalue weighted by Crippen LogP contribution is 2.45. The maximum absolute atomic E-state index is 14.1. The van der Waals surface area contributed by atoms with Gasteiger partial charge in [-0.2, -0.15) is 13.2 Å². The standard InChI is InChI=1S/C24H20F3N3O3S/c1-2-30-16-7-4-3-6-14(16)15-12-13(9-10-17(15)30)20-19(21(31)18-8-5-11-34-18)23(33,24(25,26)27)29-22(32)28-20/h3-12,19-20,33H,2H2,1H3,(H2,28,29,32)/t19-,20-,23+/m0/s1. The van der Waals surface area contributed by atoms with Gasteiger partial charge in [-0.15, -0.1) is 11.3 Å². The Labute approximate surface area is 196 Å². The molecular formula is C24H20F3N3O3S. The number of thiophene rings is 1. The van der Waals surface area contributed by atoms with Gasteiger partial charge in [0.25, 0.3) is 0 Å². The molecule has 1 aliphatic rings. The molecule has 0 unspecified atom stereocenters. The largest absolute Gasteiger partial charge is 0.437 e. The number of Topliss-reactive ketones (excluding diaryl/α,β-unsaturated/α-hetero) is 1. The van der Waals surface area contributed by atoms with Crippen LogP contribution in [-0.2, 0) is 6.54 Å². The van der Waals surface area contributed by atoms with Crippen molar-refractivity contribution in [3.8, 4) is 0 Å². The van der Waals surface area contributed by atoms with Crippen LogP contribution in [0.3, 0.4) is 0 Å². The van der Waals surface area contributed by atoms with E-state index in [-0.39, 0.29) is 4.88 Å². The SMILES string of the molecule is CCn1c2ccccc2c2cc([C@@H]3NC(=O)N[C@](O)(C(F)(F)F)[C@@H]3C(=O)c3cccs3)ccc21. The van der Waals surface area contributed by atoms with Crippen molar-refractivity contribution in [2.75, 3.05) is 0 Å². The molecule has 1 saturated heterocycles. The molecule has 1 aliphatic heterocycles. The van der Waals surface area contributed by atoms with Crippen molar-refractivity contribution < 1.29 is 27.9 Å². The van der Waals surface area contributed by atoms with Crippen molar-refractivity contribution in [1.29, 1.82) is 0 Å². The first-order chi connectivity index (χ1) is 16.2. The van der Waals surface area contributed by atoms with Crippen molar-refractivity contribution in [3.63, 3.8) is 0 Å². The van der Waals surface area contributed by atoms with Gasteiger partial charge in [0.05, 0.1) is 10.9 Å². The Morgan fingerprint density at radius 2 is 1.85 bits per heavy atom. The number of aliphatic hydroxyl groups is 1. The van der Waals surface area contributed by atoms with Crippen LogP contribution < -0.4 is 10.6 Å². The maximum atomic E-state index is 14.1. The van der Waals surface area contributed by atoms with Crippen LogP contribution in [0.4, 0.5) is 18.0 Å². The summed E-state index contributed by atoms with van der Waals surface area (Å²) in [5.74, 6) is -2.95. The third-order valence-electron chi connectivity index (χ3n) is 6.32. The topological polar surface area (TPSA) is 83.4 Å². The van der Waals surface area contributed by atoms with Crippen LogP contribution in [0.25, 0.3) is 21.8 Å². The summed E-state index contributed by atoms with van der Waals surface area (Å²) in [5.41, 5.74) is -1.61. The van der Waals surface area contributed by atoms with Gasteiger partial charge in [0.1, 0.15) is 5.92 Å². The number of urea groups is 1. The molecule has 0 bridgehead atoms. The van der Waals surface area contributed by atoms with E-state index in [2.05, 4.69) is 9.88 Å². The van der Waals surface area contributed by atoms with Gasteiger partial charge in [-0.05, 0) is 42.1 Å². The molecule has 6 nitrogen and oxygen atoms in total. The molecule has 0 spiro atoms. The average molecular weight is 488 g/mol. The molecule has 2 amide bonds. The lowest BCUT2D eigenvalue weighted by molar-refractivity contribution is -0.287. The van der Waals surface area contributed by atoms with Gasteiger partial charge in [0, 0.05) is 28.4 Å². The summed E-state index contributed by atoms with van der Waals surface area (Å²) in [6, 6.07) is 13.0. The summed E-state index contributed by atoms with van der Waals surface area (Å²) < 4.78 is 44.4. The Morgan fingerprint density at radius 3 is 2.53 bits per heavy atom. The van der Waals surface area contributed by atoms with Gasteiger partial charge in [-0.1, -0.05) is 30.3 Å². The zero-order chi connectivity index (χ0) is 24.3. The molecule has 0 saturated carbocycles. The Bertz CT molecular complexity index is 1410. The second-order valence-electron chi connectivity index (χ2n) is 8.20. The van der Waals surface area contributed by atoms with Crippen molar-refractivity contribution >= 4 is 45.0 Å². The number of ketones is 1. The summed E-state index contributed by atoms with van der Waals surface area (Å²) in [5, 5.41) is 18.0. The van der Waals surface area contributed by atoms with E-state index in [1.807, 2.05) is 31.2 Å². The van der Waals surface area contributed by atoms with E-state index in [0.29, 0.717) is 12.1 Å². The van der Waals surface area contributed by atoms with Gasteiger partial charge in [0.15, 0.2) is 5.78 Å². The number of aryl methyl sites for hydroxylation is 1. The Balaban J connectivity index is 1.72. The molecule has 2 aromatic heterocycles. The van der Waals surface area contributed by atoms with Crippen LogP contribution in [0.5, 0.6) is 0 Å². The van der Waals surface area contributed by atoms with Gasteiger partial charge in [-0.25, -0.2) is 4.79 Å². The number of nitrogens with zero attached hydrogens (tertiary/aromatic N) is 1. The molecule has 2 aromatic carbocycles. The van der Waals surface area contributed by atoms with Crippen molar-refractivity contribution in [1.82, 2.24) is 15.2 Å². The van der Waals surface area contributed by atoms with Crippen LogP contribution >= 0.6 is 11.3 Å². The molecule has 1 fully saturated rings. The van der Waals surface area contributed by atoms with Crippen LogP contribution in [0.15, 0.2) is 60.0 Å². The molecule has 0 radical (unpaired) electrons. The molecule has 0 aliphatic carbocycles. The number of para-hydroxylation sites is 1. The van der Waals surface area contributed by atoms with Crippen molar-refractivity contribution in [2.24, 2.45) is 5.92 Å². The quantitative estimate of drug-likeness (QED) is 0.355. The molecular weight excluding hydrogens is 467 g/mol. The summed E-state index contributed by atoms with van der Waals surface area (Å²) >= 11 is 0.973. The first-order valence-electron chi connectivity index (χ1n) is 10.6. The van der Waals surface area contributed by atoms with Crippen LogP contribution in [0.1, 0.15) is 28.2 Å². The fourth-order valence-electron chi connectivity index (χ4n) is 4.79. The molecule has 176 valence electrons. The number of halogens is 3. The van der Waals surface area contributed by atoms with Gasteiger partial charge < -0.3 is 20.3 Å². The second kappa shape index (κ2) is 7.85. The maximum Gasteiger partial charge on any atom is 0.437 e. The number of aromatic nitrogens is 1. The highest BCUT2D eigenvalue weighted by molar-refractivity contribution is 7.12. The highest BCUT2D eigenvalue weighted by Gasteiger charge is 2.66. The highest BCUT2D eigenvalue weighted by atomic mass is 32.1. The van der Waals surface area contributed by atoms with Crippen LogP contribution in [0.2, 0.25) is 0 Å². The normalized spacial score (nSPS) is 23.1. The van der Waals surface area contributed by atoms with Crippen LogP contribution in [-0.4, -0.2) is 33.4 Å². The Kier molecular flexibility index (Phi) is 5.18. The molecule has 4 aromatic rings. The van der Waals surface area contributed by atoms with E-state index in [4.69, 9.17) is 0 Å². The number of carbonyl (C=O) groups is 2. The summed E-state index contributed by atoms with van der Waals surface area (Å²) in [7, 11) is 0. The van der Waals surface area contributed by atoms with E-state index in [0.717, 1.165) is 33.1 Å². The van der Waals surface area contributed by atoms with Gasteiger partial charge >= 0.3 is 12.2 Å². The first-order valence-corrected chi connectivity index (χ1v) is 11.5. The van der Waals surface area contributed by atoms with Crippen LogP contribution in [0, 0.1) is 5.92 Å². The lowest BCUT2D eigenvalue weighted by atomic mass is 9.78. The number of fused-ring (bicyclic) bond motifs is 3. The predicted octanol–water partition coefficient (Wildman–Crippen LogP) is 4.98. The zero-order valence-corrected chi connectivity index (χ0v) is 18.7. The summed E-state index contributed by atoms with van der Waals surface area (Å²) in [4.78, 5) is 25.6. The van der Waals surface area contributed by atoms with Gasteiger partial charge in [-0.3, -0.25) is 4.79 Å². The minimum absolute atomic E-state index is 0.0549. The van der Waals surface area contributed by atoms with Crippen molar-refractivity contribution in [2.45, 2.75) is 31.4 Å². The average Bonchev–Trinajstić information content (AvgIpc) is 3.43. The summed E-state index contributed by atoms with van der Waals surface area (Å²) in [6.45, 7) is 2.67. The van der Waals surface area contributed by atoms with E-state index in [9.17, 15) is 27.9 Å². The van der Waals surface area contributed by atoms with Gasteiger partial charge in [0.2, 0.25) is 5.72 Å². The fourth-order valence-corrected chi connectivity index (χ4v) is 5.50. The second-order valence-corrected chi connectivity index (χ2v) is 9.15. The lowest BCUT2D eigenvalue weighted by Gasteiger charge is -2.44. The van der Waals surface area contributed by atoms with E-state index in [1.54, 1.807) is 35.0 Å².